The van der Waals surface area contributed by atoms with Gasteiger partial charge < -0.3 is 14.9 Å². The lowest BCUT2D eigenvalue weighted by Crippen LogP contribution is -2.58. The van der Waals surface area contributed by atoms with Crippen LogP contribution in [0.3, 0.4) is 0 Å². The second-order valence-corrected chi connectivity index (χ2v) is 6.04. The summed E-state index contributed by atoms with van der Waals surface area (Å²) in [6.07, 6.45) is 1.03. The molecule has 1 fully saturated rings. The third-order valence-corrected chi connectivity index (χ3v) is 4.48. The van der Waals surface area contributed by atoms with Gasteiger partial charge in [0.15, 0.2) is 17.2 Å². The van der Waals surface area contributed by atoms with Crippen molar-refractivity contribution in [3.05, 3.63) is 35.4 Å². The SMILES string of the molecule is CCN(CC)C[C@@]1(O)CCCN(Cc2cccc(F)c2F)C1=O. The minimum atomic E-state index is -1.45. The number of nitrogens with zero attached hydrogens (tertiary/aromatic N) is 2. The monoisotopic (exact) mass is 326 g/mol. The summed E-state index contributed by atoms with van der Waals surface area (Å²) in [4.78, 5) is 16.1. The Hall–Kier alpha value is -1.53. The van der Waals surface area contributed by atoms with Gasteiger partial charge in [-0.3, -0.25) is 4.79 Å². The van der Waals surface area contributed by atoms with Crippen molar-refractivity contribution >= 4 is 5.91 Å². The van der Waals surface area contributed by atoms with Gasteiger partial charge in [0.1, 0.15) is 0 Å². The predicted octanol–water partition coefficient (Wildman–Crippen LogP) is 2.16. The molecule has 1 amide bonds. The number of likely N-dealkylation sites (tertiary alicyclic amines) is 1. The molecule has 0 bridgehead atoms. The molecule has 1 N–H and O–H groups in total. The summed E-state index contributed by atoms with van der Waals surface area (Å²) >= 11 is 0. The Morgan fingerprint density at radius 1 is 1.30 bits per heavy atom. The van der Waals surface area contributed by atoms with Crippen molar-refractivity contribution in [3.8, 4) is 0 Å². The molecule has 0 unspecified atom stereocenters. The molecule has 23 heavy (non-hydrogen) atoms. The molecule has 0 radical (unpaired) electrons. The van der Waals surface area contributed by atoms with Crippen LogP contribution in [-0.4, -0.2) is 52.6 Å². The molecule has 0 aliphatic carbocycles. The minimum absolute atomic E-state index is 0.0248. The Morgan fingerprint density at radius 3 is 2.65 bits per heavy atom. The summed E-state index contributed by atoms with van der Waals surface area (Å²) in [7, 11) is 0. The van der Waals surface area contributed by atoms with Gasteiger partial charge in [-0.15, -0.1) is 0 Å². The number of benzene rings is 1. The number of hydrogen-bond acceptors (Lipinski definition) is 3. The summed E-state index contributed by atoms with van der Waals surface area (Å²) in [6, 6.07) is 3.93. The van der Waals surface area contributed by atoms with E-state index in [4.69, 9.17) is 0 Å². The van der Waals surface area contributed by atoms with Crippen molar-refractivity contribution < 1.29 is 18.7 Å². The van der Waals surface area contributed by atoms with Crippen LogP contribution in [-0.2, 0) is 11.3 Å². The van der Waals surface area contributed by atoms with Crippen LogP contribution in [0.15, 0.2) is 18.2 Å². The average Bonchev–Trinajstić information content (AvgIpc) is 2.54. The Balaban J connectivity index is 2.14. The molecule has 128 valence electrons. The van der Waals surface area contributed by atoms with Gasteiger partial charge >= 0.3 is 0 Å². The number of piperidine rings is 1. The molecule has 1 aliphatic heterocycles. The number of hydrogen-bond donors (Lipinski definition) is 1. The highest BCUT2D eigenvalue weighted by Gasteiger charge is 2.43. The molecule has 1 aromatic rings. The highest BCUT2D eigenvalue weighted by atomic mass is 19.2. The van der Waals surface area contributed by atoms with Crippen LogP contribution in [0, 0.1) is 11.6 Å². The summed E-state index contributed by atoms with van der Waals surface area (Å²) in [5, 5.41) is 10.7. The van der Waals surface area contributed by atoms with E-state index >= 15 is 0 Å². The fourth-order valence-corrected chi connectivity index (χ4v) is 3.06. The molecule has 1 atom stereocenters. The van der Waals surface area contributed by atoms with E-state index in [1.54, 1.807) is 0 Å². The number of carbonyl (C=O) groups excluding carboxylic acids is 1. The van der Waals surface area contributed by atoms with E-state index in [9.17, 15) is 18.7 Å². The lowest BCUT2D eigenvalue weighted by atomic mass is 9.90. The smallest absolute Gasteiger partial charge is 0.256 e. The highest BCUT2D eigenvalue weighted by Crippen LogP contribution is 2.26. The van der Waals surface area contributed by atoms with Crippen LogP contribution in [0.25, 0.3) is 0 Å². The third-order valence-electron chi connectivity index (χ3n) is 4.48. The van der Waals surface area contributed by atoms with Gasteiger partial charge in [-0.1, -0.05) is 26.0 Å². The van der Waals surface area contributed by atoms with Crippen molar-refractivity contribution in [2.24, 2.45) is 0 Å². The number of rotatable bonds is 6. The summed E-state index contributed by atoms with van der Waals surface area (Å²) in [5.74, 6) is -2.26. The zero-order valence-corrected chi connectivity index (χ0v) is 13.7. The summed E-state index contributed by atoms with van der Waals surface area (Å²) in [5.41, 5.74) is -1.32. The number of likely N-dealkylation sites (N-methyl/N-ethyl adjacent to an activating group) is 1. The van der Waals surface area contributed by atoms with Crippen molar-refractivity contribution in [1.82, 2.24) is 9.80 Å². The normalized spacial score (nSPS) is 22.0. The maximum Gasteiger partial charge on any atom is 0.256 e. The average molecular weight is 326 g/mol. The van der Waals surface area contributed by atoms with Crippen LogP contribution >= 0.6 is 0 Å². The first-order valence-corrected chi connectivity index (χ1v) is 8.08. The van der Waals surface area contributed by atoms with Gasteiger partial charge in [0, 0.05) is 25.2 Å². The minimum Gasteiger partial charge on any atom is -0.379 e. The topological polar surface area (TPSA) is 43.8 Å². The Bertz CT molecular complexity index is 564. The molecule has 0 aromatic heterocycles. The van der Waals surface area contributed by atoms with Crippen LogP contribution < -0.4 is 0 Å². The molecule has 1 heterocycles. The highest BCUT2D eigenvalue weighted by molar-refractivity contribution is 5.86. The second-order valence-electron chi connectivity index (χ2n) is 6.04. The molecule has 4 nitrogen and oxygen atoms in total. The summed E-state index contributed by atoms with van der Waals surface area (Å²) in [6.45, 7) is 6.11. The molecular formula is C17H24F2N2O2. The quantitative estimate of drug-likeness (QED) is 0.871. The second kappa shape index (κ2) is 7.36. The van der Waals surface area contributed by atoms with Crippen LogP contribution in [0.1, 0.15) is 32.3 Å². The standard InChI is InChI=1S/C17H24F2N2O2/c1-3-20(4-2)12-17(23)9-6-10-21(16(17)22)11-13-7-5-8-14(18)15(13)19/h5,7-8,23H,3-4,6,9-12H2,1-2H3/t17-/m0/s1. The molecule has 1 aromatic carbocycles. The lowest BCUT2D eigenvalue weighted by Gasteiger charge is -2.40. The van der Waals surface area contributed by atoms with Crippen molar-refractivity contribution in [2.75, 3.05) is 26.2 Å². The van der Waals surface area contributed by atoms with Gasteiger partial charge in [0.25, 0.3) is 5.91 Å². The largest absolute Gasteiger partial charge is 0.379 e. The number of aliphatic hydroxyl groups is 1. The number of amides is 1. The number of carbonyl (C=O) groups is 1. The molecule has 0 saturated carbocycles. The van der Waals surface area contributed by atoms with Crippen molar-refractivity contribution in [2.45, 2.75) is 38.8 Å². The zero-order valence-electron chi connectivity index (χ0n) is 13.7. The first kappa shape index (κ1) is 17.8. The first-order chi connectivity index (χ1) is 10.9. The van der Waals surface area contributed by atoms with Crippen LogP contribution in [0.4, 0.5) is 8.78 Å². The molecule has 6 heteroatoms. The molecular weight excluding hydrogens is 302 g/mol. The zero-order chi connectivity index (χ0) is 17.0. The Kier molecular flexibility index (Phi) is 5.70. The fraction of sp³-hybridized carbons (Fsp3) is 0.588. The van der Waals surface area contributed by atoms with E-state index in [1.807, 2.05) is 18.7 Å². The number of halogens is 2. The third kappa shape index (κ3) is 3.87. The van der Waals surface area contributed by atoms with Gasteiger partial charge in [0.05, 0.1) is 0 Å². The lowest BCUT2D eigenvalue weighted by molar-refractivity contribution is -0.160. The molecule has 1 saturated heterocycles. The van der Waals surface area contributed by atoms with E-state index in [1.165, 1.54) is 17.0 Å². The van der Waals surface area contributed by atoms with E-state index in [0.29, 0.717) is 19.4 Å². The molecule has 0 spiro atoms. The van der Waals surface area contributed by atoms with Crippen molar-refractivity contribution in [1.29, 1.82) is 0 Å². The summed E-state index contributed by atoms with van der Waals surface area (Å²) < 4.78 is 27.1. The first-order valence-electron chi connectivity index (χ1n) is 8.08. The molecule has 1 aliphatic rings. The Morgan fingerprint density at radius 2 is 2.00 bits per heavy atom. The Labute approximate surface area is 135 Å². The van der Waals surface area contributed by atoms with Gasteiger partial charge in [0.2, 0.25) is 0 Å². The van der Waals surface area contributed by atoms with Gasteiger partial charge in [-0.05, 0) is 32.0 Å². The van der Waals surface area contributed by atoms with Gasteiger partial charge in [-0.25, -0.2) is 8.78 Å². The van der Waals surface area contributed by atoms with E-state index in [2.05, 4.69) is 0 Å². The van der Waals surface area contributed by atoms with E-state index < -0.39 is 23.1 Å². The predicted molar refractivity (Wildman–Crippen MR) is 83.7 cm³/mol. The van der Waals surface area contributed by atoms with E-state index in [-0.39, 0.29) is 18.7 Å². The van der Waals surface area contributed by atoms with Crippen LogP contribution in [0.2, 0.25) is 0 Å². The van der Waals surface area contributed by atoms with Gasteiger partial charge in [-0.2, -0.15) is 0 Å². The molecule has 2 rings (SSSR count). The maximum atomic E-state index is 13.8. The van der Waals surface area contributed by atoms with Crippen molar-refractivity contribution in [3.63, 3.8) is 0 Å². The fourth-order valence-electron chi connectivity index (χ4n) is 3.06. The maximum absolute atomic E-state index is 13.8. The van der Waals surface area contributed by atoms with E-state index in [0.717, 1.165) is 19.2 Å². The van der Waals surface area contributed by atoms with Crippen LogP contribution in [0.5, 0.6) is 0 Å².